The van der Waals surface area contributed by atoms with Crippen LogP contribution in [0.1, 0.15) is 16.1 Å². The van der Waals surface area contributed by atoms with Crippen LogP contribution in [0.3, 0.4) is 0 Å². The Morgan fingerprint density at radius 2 is 2.05 bits per heavy atom. The van der Waals surface area contributed by atoms with E-state index in [2.05, 4.69) is 10.4 Å². The molecule has 0 spiro atoms. The first-order valence-corrected chi connectivity index (χ1v) is 6.81. The average molecular weight is 284 g/mol. The van der Waals surface area contributed by atoms with Gasteiger partial charge in [-0.1, -0.05) is 12.1 Å². The summed E-state index contributed by atoms with van der Waals surface area (Å²) >= 11 is 0. The Kier molecular flexibility index (Phi) is 3.43. The minimum atomic E-state index is -0.206. The van der Waals surface area contributed by atoms with Crippen LogP contribution in [0.15, 0.2) is 36.5 Å². The molecule has 2 aromatic rings. The fourth-order valence-electron chi connectivity index (χ4n) is 2.50. The average Bonchev–Trinajstić information content (AvgIpc) is 2.85. The first kappa shape index (κ1) is 13.4. The molecular weight excluding hydrogens is 268 g/mol. The molecule has 1 aliphatic heterocycles. The molecule has 21 heavy (non-hydrogen) atoms. The molecule has 0 fully saturated rings. The van der Waals surface area contributed by atoms with Gasteiger partial charge in [-0.2, -0.15) is 5.10 Å². The Hall–Kier alpha value is -2.63. The van der Waals surface area contributed by atoms with E-state index in [1.54, 1.807) is 34.0 Å². The number of hydrogen-bond donors (Lipinski definition) is 1. The van der Waals surface area contributed by atoms with Crippen LogP contribution >= 0.6 is 0 Å². The molecule has 2 heterocycles. The van der Waals surface area contributed by atoms with Crippen molar-refractivity contribution in [1.82, 2.24) is 15.1 Å². The molecule has 0 aliphatic carbocycles. The molecule has 0 saturated heterocycles. The van der Waals surface area contributed by atoms with Gasteiger partial charge in [-0.3, -0.25) is 14.3 Å². The Morgan fingerprint density at radius 3 is 2.81 bits per heavy atom. The molecule has 3 rings (SSSR count). The molecule has 1 N–H and O–H groups in total. The maximum absolute atomic E-state index is 12.3. The third-order valence-electron chi connectivity index (χ3n) is 3.65. The van der Waals surface area contributed by atoms with Crippen molar-refractivity contribution in [3.05, 3.63) is 47.8 Å². The summed E-state index contributed by atoms with van der Waals surface area (Å²) in [5, 5.41) is 6.76. The van der Waals surface area contributed by atoms with E-state index in [9.17, 15) is 9.59 Å². The van der Waals surface area contributed by atoms with Gasteiger partial charge >= 0.3 is 0 Å². The molecule has 6 heteroatoms. The molecule has 2 amide bonds. The van der Waals surface area contributed by atoms with Crippen molar-refractivity contribution in [1.29, 1.82) is 0 Å². The highest BCUT2D eigenvalue weighted by molar-refractivity contribution is 6.09. The summed E-state index contributed by atoms with van der Waals surface area (Å²) < 4.78 is 1.79. The highest BCUT2D eigenvalue weighted by Gasteiger charge is 2.25. The quantitative estimate of drug-likeness (QED) is 0.904. The van der Waals surface area contributed by atoms with Gasteiger partial charge in [-0.05, 0) is 18.2 Å². The van der Waals surface area contributed by atoms with E-state index in [1.807, 2.05) is 19.2 Å². The molecule has 0 atom stereocenters. The van der Waals surface area contributed by atoms with Gasteiger partial charge in [0.1, 0.15) is 0 Å². The number of anilines is 1. The summed E-state index contributed by atoms with van der Waals surface area (Å²) in [4.78, 5) is 25.9. The largest absolute Gasteiger partial charge is 0.343 e. The van der Waals surface area contributed by atoms with Gasteiger partial charge in [0.25, 0.3) is 5.91 Å². The van der Waals surface area contributed by atoms with Crippen molar-refractivity contribution in [2.75, 3.05) is 18.0 Å². The zero-order valence-corrected chi connectivity index (χ0v) is 11.7. The topological polar surface area (TPSA) is 67.2 Å². The van der Waals surface area contributed by atoms with Crippen LogP contribution in [-0.2, 0) is 18.3 Å². The SMILES string of the molecule is Cn1nccc1CCN1C(=O)CNC(=O)c2ccccc21. The monoisotopic (exact) mass is 284 g/mol. The number of amides is 2. The van der Waals surface area contributed by atoms with Crippen molar-refractivity contribution >= 4 is 17.5 Å². The van der Waals surface area contributed by atoms with Gasteiger partial charge in [0, 0.05) is 31.9 Å². The predicted octanol–water partition coefficient (Wildman–Crippen LogP) is 0.739. The fraction of sp³-hybridized carbons (Fsp3) is 0.267. The lowest BCUT2D eigenvalue weighted by Gasteiger charge is -2.22. The van der Waals surface area contributed by atoms with Crippen molar-refractivity contribution in [2.45, 2.75) is 6.42 Å². The number of rotatable bonds is 3. The number of benzene rings is 1. The molecule has 108 valence electrons. The minimum Gasteiger partial charge on any atom is -0.343 e. The van der Waals surface area contributed by atoms with E-state index in [0.717, 1.165) is 5.69 Å². The zero-order chi connectivity index (χ0) is 14.8. The van der Waals surface area contributed by atoms with Gasteiger partial charge < -0.3 is 10.2 Å². The number of aromatic nitrogens is 2. The van der Waals surface area contributed by atoms with Gasteiger partial charge in [-0.15, -0.1) is 0 Å². The minimum absolute atomic E-state index is 0.0267. The number of hydrogen-bond acceptors (Lipinski definition) is 3. The van der Waals surface area contributed by atoms with E-state index in [1.165, 1.54) is 0 Å². The zero-order valence-electron chi connectivity index (χ0n) is 11.7. The number of carbonyl (C=O) groups is 2. The van der Waals surface area contributed by atoms with Crippen LogP contribution in [0.5, 0.6) is 0 Å². The summed E-state index contributed by atoms with van der Waals surface area (Å²) in [5.41, 5.74) is 2.25. The first-order chi connectivity index (χ1) is 10.2. The Labute approximate surface area is 122 Å². The van der Waals surface area contributed by atoms with E-state index < -0.39 is 0 Å². The van der Waals surface area contributed by atoms with Gasteiger partial charge in [0.15, 0.2) is 0 Å². The third-order valence-corrected chi connectivity index (χ3v) is 3.65. The summed E-state index contributed by atoms with van der Waals surface area (Å²) in [5.74, 6) is -0.308. The number of carbonyl (C=O) groups excluding carboxylic acids is 2. The van der Waals surface area contributed by atoms with Crippen LogP contribution in [-0.4, -0.2) is 34.7 Å². The van der Waals surface area contributed by atoms with E-state index in [0.29, 0.717) is 24.2 Å². The fourth-order valence-corrected chi connectivity index (χ4v) is 2.50. The van der Waals surface area contributed by atoms with Gasteiger partial charge in [0.2, 0.25) is 5.91 Å². The van der Waals surface area contributed by atoms with Crippen LogP contribution in [0, 0.1) is 0 Å². The highest BCUT2D eigenvalue weighted by Crippen LogP contribution is 2.22. The van der Waals surface area contributed by atoms with E-state index in [-0.39, 0.29) is 18.4 Å². The second-order valence-corrected chi connectivity index (χ2v) is 4.94. The second-order valence-electron chi connectivity index (χ2n) is 4.94. The Bertz CT molecular complexity index is 692. The molecule has 0 radical (unpaired) electrons. The van der Waals surface area contributed by atoms with Crippen molar-refractivity contribution in [2.24, 2.45) is 7.05 Å². The number of para-hydroxylation sites is 1. The maximum Gasteiger partial charge on any atom is 0.253 e. The summed E-state index contributed by atoms with van der Waals surface area (Å²) in [6.45, 7) is 0.545. The van der Waals surface area contributed by atoms with Gasteiger partial charge in [-0.25, -0.2) is 0 Å². The molecular formula is C15H16N4O2. The second kappa shape index (κ2) is 5.40. The lowest BCUT2D eigenvalue weighted by Crippen LogP contribution is -2.37. The van der Waals surface area contributed by atoms with Crippen LogP contribution in [0.25, 0.3) is 0 Å². The molecule has 0 bridgehead atoms. The summed E-state index contributed by atoms with van der Waals surface area (Å²) in [6, 6.07) is 9.11. The van der Waals surface area contributed by atoms with E-state index >= 15 is 0 Å². The van der Waals surface area contributed by atoms with Crippen LogP contribution in [0.2, 0.25) is 0 Å². The van der Waals surface area contributed by atoms with Crippen LogP contribution in [0.4, 0.5) is 5.69 Å². The summed E-state index contributed by atoms with van der Waals surface area (Å²) in [6.07, 6.45) is 2.42. The molecule has 0 unspecified atom stereocenters. The molecule has 1 aromatic heterocycles. The van der Waals surface area contributed by atoms with Gasteiger partial charge in [0.05, 0.1) is 17.8 Å². The molecule has 1 aliphatic rings. The molecule has 0 saturated carbocycles. The number of nitrogens with one attached hydrogen (secondary N) is 1. The number of nitrogens with zero attached hydrogens (tertiary/aromatic N) is 3. The lowest BCUT2D eigenvalue weighted by atomic mass is 10.1. The predicted molar refractivity (Wildman–Crippen MR) is 78.0 cm³/mol. The smallest absolute Gasteiger partial charge is 0.253 e. The lowest BCUT2D eigenvalue weighted by molar-refractivity contribution is -0.117. The number of fused-ring (bicyclic) bond motifs is 1. The Morgan fingerprint density at radius 1 is 1.24 bits per heavy atom. The Balaban J connectivity index is 1.89. The normalized spacial score (nSPS) is 14.6. The summed E-state index contributed by atoms with van der Waals surface area (Å²) in [7, 11) is 1.87. The molecule has 6 nitrogen and oxygen atoms in total. The van der Waals surface area contributed by atoms with Crippen molar-refractivity contribution < 1.29 is 9.59 Å². The molecule has 1 aromatic carbocycles. The highest BCUT2D eigenvalue weighted by atomic mass is 16.2. The first-order valence-electron chi connectivity index (χ1n) is 6.81. The van der Waals surface area contributed by atoms with E-state index in [4.69, 9.17) is 0 Å². The maximum atomic E-state index is 12.3. The third kappa shape index (κ3) is 2.52. The standard InChI is InChI=1S/C15H16N4O2/c1-18-11(6-8-17-18)7-9-19-13-5-3-2-4-12(13)15(21)16-10-14(19)20/h2-6,8H,7,9-10H2,1H3,(H,16,21). The van der Waals surface area contributed by atoms with Crippen molar-refractivity contribution in [3.63, 3.8) is 0 Å². The number of aryl methyl sites for hydroxylation is 1. The van der Waals surface area contributed by atoms with Crippen molar-refractivity contribution in [3.8, 4) is 0 Å². The van der Waals surface area contributed by atoms with Crippen LogP contribution < -0.4 is 10.2 Å².